The van der Waals surface area contributed by atoms with E-state index in [0.29, 0.717) is 25.2 Å². The average molecular weight is 495 g/mol. The van der Waals surface area contributed by atoms with Crippen LogP contribution in [0.1, 0.15) is 31.4 Å². The Morgan fingerprint density at radius 1 is 1.13 bits per heavy atom. The largest absolute Gasteiger partial charge is 0.487 e. The monoisotopic (exact) mass is 494 g/mol. The number of carbonyl (C=O) groups excluding carboxylic acids is 1. The molecule has 4 rings (SSSR count). The van der Waals surface area contributed by atoms with E-state index >= 15 is 0 Å². The molecule has 2 aliphatic rings. The van der Waals surface area contributed by atoms with Gasteiger partial charge in [-0.05, 0) is 49.7 Å². The molecule has 2 aromatic carbocycles. The second-order valence-electron chi connectivity index (χ2n) is 8.47. The van der Waals surface area contributed by atoms with Gasteiger partial charge in [-0.2, -0.15) is 0 Å². The molecule has 1 amide bonds. The number of amides is 1. The number of anilines is 1. The number of hydrogen-bond acceptors (Lipinski definition) is 5. The fourth-order valence-electron chi connectivity index (χ4n) is 4.17. The fraction of sp³-hybridized carbons (Fsp3) is 0.381. The van der Waals surface area contributed by atoms with Crippen molar-refractivity contribution in [3.8, 4) is 5.75 Å². The highest BCUT2D eigenvalue weighted by molar-refractivity contribution is 9.10. The first kappa shape index (κ1) is 21.0. The van der Waals surface area contributed by atoms with Crippen LogP contribution in [0, 0.1) is 0 Å². The molecule has 30 heavy (non-hydrogen) atoms. The Morgan fingerprint density at radius 3 is 2.50 bits per heavy atom. The first-order chi connectivity index (χ1) is 13.9. The molecule has 1 fully saturated rings. The van der Waals surface area contributed by atoms with Crippen molar-refractivity contribution in [1.29, 1.82) is 0 Å². The molecular weight excluding hydrogens is 472 g/mol. The van der Waals surface area contributed by atoms with E-state index in [4.69, 9.17) is 9.47 Å². The number of rotatable bonds is 4. The number of carbonyl (C=O) groups is 1. The lowest BCUT2D eigenvalue weighted by Gasteiger charge is -2.42. The van der Waals surface area contributed by atoms with Gasteiger partial charge in [-0.25, -0.2) is 13.2 Å². The Morgan fingerprint density at radius 2 is 1.83 bits per heavy atom. The van der Waals surface area contributed by atoms with Crippen LogP contribution in [0.15, 0.2) is 46.9 Å². The highest BCUT2D eigenvalue weighted by atomic mass is 79.9. The van der Waals surface area contributed by atoms with E-state index in [0.717, 1.165) is 27.6 Å². The molecule has 0 aliphatic carbocycles. The summed E-state index contributed by atoms with van der Waals surface area (Å²) >= 11 is 3.50. The van der Waals surface area contributed by atoms with Gasteiger partial charge in [0, 0.05) is 28.7 Å². The zero-order chi connectivity index (χ0) is 21.7. The maximum Gasteiger partial charge on any atom is 0.411 e. The molecule has 2 heterocycles. The summed E-state index contributed by atoms with van der Waals surface area (Å²) in [4.78, 5) is 14.4. The number of sulfonamides is 1. The molecule has 1 unspecified atom stereocenters. The zero-order valence-corrected chi connectivity index (χ0v) is 19.3. The number of nitrogens with zero attached hydrogens (tertiary/aromatic N) is 1. The van der Waals surface area contributed by atoms with Crippen molar-refractivity contribution in [1.82, 2.24) is 4.90 Å². The van der Waals surface area contributed by atoms with E-state index in [1.54, 1.807) is 29.2 Å². The molecule has 2 aliphatic heterocycles. The smallest absolute Gasteiger partial charge is 0.411 e. The van der Waals surface area contributed by atoms with E-state index in [1.807, 2.05) is 32.0 Å². The summed E-state index contributed by atoms with van der Waals surface area (Å²) in [5, 5.41) is 0. The van der Waals surface area contributed by atoms with Crippen molar-refractivity contribution in [2.75, 3.05) is 17.5 Å². The predicted octanol–water partition coefficient (Wildman–Crippen LogP) is 4.23. The fourth-order valence-corrected chi connectivity index (χ4v) is 5.09. The van der Waals surface area contributed by atoms with Crippen molar-refractivity contribution in [3.63, 3.8) is 0 Å². The second kappa shape index (κ2) is 7.16. The van der Waals surface area contributed by atoms with E-state index in [2.05, 4.69) is 20.7 Å². The average Bonchev–Trinajstić information content (AvgIpc) is 2.91. The molecule has 1 atom stereocenters. The van der Waals surface area contributed by atoms with Gasteiger partial charge in [0.1, 0.15) is 11.4 Å². The minimum atomic E-state index is -3.33. The molecule has 2 aromatic rings. The van der Waals surface area contributed by atoms with Crippen molar-refractivity contribution >= 4 is 37.7 Å². The summed E-state index contributed by atoms with van der Waals surface area (Å²) in [7, 11) is -3.33. The van der Waals surface area contributed by atoms with E-state index < -0.39 is 21.2 Å². The molecule has 7 nitrogen and oxygen atoms in total. The summed E-state index contributed by atoms with van der Waals surface area (Å²) in [5.41, 5.74) is 0.960. The number of hydrogen-bond donors (Lipinski definition) is 1. The van der Waals surface area contributed by atoms with Crippen LogP contribution < -0.4 is 9.46 Å². The topological polar surface area (TPSA) is 84.9 Å². The van der Waals surface area contributed by atoms with Gasteiger partial charge in [0.15, 0.2) is 5.60 Å². The van der Waals surface area contributed by atoms with Gasteiger partial charge < -0.3 is 9.47 Å². The predicted molar refractivity (Wildman–Crippen MR) is 117 cm³/mol. The molecule has 0 bridgehead atoms. The van der Waals surface area contributed by atoms with Gasteiger partial charge in [0.2, 0.25) is 10.0 Å². The summed E-state index contributed by atoms with van der Waals surface area (Å²) < 4.78 is 38.1. The van der Waals surface area contributed by atoms with Gasteiger partial charge in [-0.3, -0.25) is 9.62 Å². The minimum absolute atomic E-state index is 0.365. The number of halogens is 1. The maximum absolute atomic E-state index is 12.8. The van der Waals surface area contributed by atoms with Crippen LogP contribution in [-0.2, 0) is 26.9 Å². The molecule has 0 radical (unpaired) electrons. The van der Waals surface area contributed by atoms with Crippen molar-refractivity contribution in [3.05, 3.63) is 58.1 Å². The van der Waals surface area contributed by atoms with E-state index in [9.17, 15) is 13.2 Å². The maximum atomic E-state index is 12.8. The molecule has 0 aromatic heterocycles. The normalized spacial score (nSPS) is 22.4. The standard InChI is InChI=1S/C21H23BrN2O5S/c1-20(2)12-21(17-10-15(22)6-9-18(17)28-20)13-24(19(25)29-21)11-14-4-7-16(8-5-14)23-30(3,26)27/h4-10,23H,11-13H2,1-3H3. The van der Waals surface area contributed by atoms with Crippen molar-refractivity contribution in [2.24, 2.45) is 0 Å². The molecule has 1 spiro atoms. The van der Waals surface area contributed by atoms with Crippen LogP contribution in [0.5, 0.6) is 5.75 Å². The van der Waals surface area contributed by atoms with Gasteiger partial charge in [-0.15, -0.1) is 0 Å². The molecule has 1 N–H and O–H groups in total. The van der Waals surface area contributed by atoms with Crippen LogP contribution in [-0.4, -0.2) is 37.8 Å². The van der Waals surface area contributed by atoms with Gasteiger partial charge in [0.05, 0.1) is 12.8 Å². The highest BCUT2D eigenvalue weighted by Gasteiger charge is 2.54. The Labute approximate surface area is 184 Å². The van der Waals surface area contributed by atoms with Crippen LogP contribution in [0.4, 0.5) is 10.5 Å². The second-order valence-corrected chi connectivity index (χ2v) is 11.1. The number of fused-ring (bicyclic) bond motifs is 2. The molecular formula is C21H23BrN2O5S. The van der Waals surface area contributed by atoms with Crippen LogP contribution >= 0.6 is 15.9 Å². The molecule has 160 valence electrons. The summed E-state index contributed by atoms with van der Waals surface area (Å²) in [6.45, 7) is 4.75. The lowest BCUT2D eigenvalue weighted by atomic mass is 9.80. The minimum Gasteiger partial charge on any atom is -0.487 e. The zero-order valence-electron chi connectivity index (χ0n) is 16.9. The van der Waals surface area contributed by atoms with Crippen LogP contribution in [0.25, 0.3) is 0 Å². The Bertz CT molecular complexity index is 1100. The highest BCUT2D eigenvalue weighted by Crippen LogP contribution is 2.49. The molecule has 9 heteroatoms. The summed E-state index contributed by atoms with van der Waals surface area (Å²) in [6, 6.07) is 12.7. The third-order valence-corrected chi connectivity index (χ3v) is 6.25. The molecule has 0 saturated carbocycles. The lowest BCUT2D eigenvalue weighted by Crippen LogP contribution is -2.46. The lowest BCUT2D eigenvalue weighted by molar-refractivity contribution is -0.0446. The van der Waals surface area contributed by atoms with Crippen LogP contribution in [0.2, 0.25) is 0 Å². The third kappa shape index (κ3) is 4.27. The first-order valence-corrected chi connectivity index (χ1v) is 12.2. The van der Waals surface area contributed by atoms with E-state index in [1.165, 1.54) is 0 Å². The van der Waals surface area contributed by atoms with Gasteiger partial charge in [-0.1, -0.05) is 28.1 Å². The number of ether oxygens (including phenoxy) is 2. The van der Waals surface area contributed by atoms with Gasteiger partial charge >= 0.3 is 6.09 Å². The first-order valence-electron chi connectivity index (χ1n) is 9.48. The van der Waals surface area contributed by atoms with Crippen molar-refractivity contribution in [2.45, 2.75) is 38.0 Å². The Balaban J connectivity index is 1.58. The Kier molecular flexibility index (Phi) is 5.01. The van der Waals surface area contributed by atoms with Gasteiger partial charge in [0.25, 0.3) is 0 Å². The SMILES string of the molecule is CC1(C)CC2(CN(Cc3ccc(NS(C)(=O)=O)cc3)C(=O)O2)c2cc(Br)ccc2O1. The van der Waals surface area contributed by atoms with Crippen LogP contribution in [0.3, 0.4) is 0 Å². The van der Waals surface area contributed by atoms with Crippen molar-refractivity contribution < 1.29 is 22.7 Å². The number of nitrogens with one attached hydrogen (secondary N) is 1. The summed E-state index contributed by atoms with van der Waals surface area (Å²) in [6.07, 6.45) is 1.27. The molecule has 1 saturated heterocycles. The number of benzene rings is 2. The quantitative estimate of drug-likeness (QED) is 0.687. The summed E-state index contributed by atoms with van der Waals surface area (Å²) in [5.74, 6) is 0.723. The third-order valence-electron chi connectivity index (χ3n) is 5.15. The van der Waals surface area contributed by atoms with E-state index in [-0.39, 0.29) is 6.09 Å². The Hall–Kier alpha value is -2.26.